The van der Waals surface area contributed by atoms with Gasteiger partial charge >= 0.3 is 0 Å². The van der Waals surface area contributed by atoms with Gasteiger partial charge in [0.2, 0.25) is 5.91 Å². The highest BCUT2D eigenvalue weighted by molar-refractivity contribution is 5.78. The molecule has 0 bridgehead atoms. The summed E-state index contributed by atoms with van der Waals surface area (Å²) in [6.45, 7) is 3.32. The van der Waals surface area contributed by atoms with Crippen molar-refractivity contribution in [1.29, 1.82) is 0 Å². The van der Waals surface area contributed by atoms with E-state index in [0.717, 1.165) is 36.4 Å². The van der Waals surface area contributed by atoms with Crippen LogP contribution >= 0.6 is 0 Å². The fourth-order valence-corrected chi connectivity index (χ4v) is 4.57. The van der Waals surface area contributed by atoms with E-state index in [0.29, 0.717) is 29.9 Å². The van der Waals surface area contributed by atoms with Crippen LogP contribution in [-0.4, -0.2) is 43.7 Å². The van der Waals surface area contributed by atoms with E-state index in [-0.39, 0.29) is 23.9 Å². The van der Waals surface area contributed by atoms with Crippen molar-refractivity contribution < 1.29 is 9.53 Å². The molecular formula is C26H27N5O3. The molecule has 0 radical (unpaired) electrons. The van der Waals surface area contributed by atoms with E-state index in [9.17, 15) is 9.59 Å². The molecule has 2 aromatic carbocycles. The number of rotatable bonds is 7. The molecule has 4 aromatic rings. The number of nitrogens with zero attached hydrogens (tertiary/aromatic N) is 4. The summed E-state index contributed by atoms with van der Waals surface area (Å²) < 4.78 is 7.18. The molecule has 0 spiro atoms. The van der Waals surface area contributed by atoms with Crippen LogP contribution in [0.25, 0.3) is 16.7 Å². The second kappa shape index (κ2) is 9.51. The lowest BCUT2D eigenvalue weighted by atomic mass is 10.0. The summed E-state index contributed by atoms with van der Waals surface area (Å²) in [5.74, 6) is 1.39. The highest BCUT2D eigenvalue weighted by Crippen LogP contribution is 2.33. The number of hydrogen-bond acceptors (Lipinski definition) is 5. The molecule has 1 unspecified atom stereocenters. The number of para-hydroxylation sites is 1. The Morgan fingerprint density at radius 3 is 2.71 bits per heavy atom. The number of aromatic amines is 1. The Kier molecular flexibility index (Phi) is 6.12. The first kappa shape index (κ1) is 21.9. The maximum absolute atomic E-state index is 13.1. The summed E-state index contributed by atoms with van der Waals surface area (Å²) in [6, 6.07) is 17.6. The number of H-pyrrole nitrogens is 1. The first-order valence-corrected chi connectivity index (χ1v) is 11.7. The number of fused-ring (bicyclic) bond motifs is 1. The molecule has 3 heterocycles. The Hall–Kier alpha value is -3.94. The van der Waals surface area contributed by atoms with E-state index >= 15 is 0 Å². The number of ether oxygens (including phenoxy) is 1. The van der Waals surface area contributed by atoms with Gasteiger partial charge in [-0.05, 0) is 49.6 Å². The third kappa shape index (κ3) is 4.31. The fraction of sp³-hybridized carbons (Fsp3) is 0.308. The van der Waals surface area contributed by atoms with Gasteiger partial charge in [0.05, 0.1) is 24.5 Å². The number of aryl methyl sites for hydroxylation is 1. The smallest absolute Gasteiger partial charge is 0.262 e. The number of benzene rings is 2. The van der Waals surface area contributed by atoms with Crippen molar-refractivity contribution in [2.75, 3.05) is 13.2 Å². The van der Waals surface area contributed by atoms with Gasteiger partial charge in [0.15, 0.2) is 5.65 Å². The van der Waals surface area contributed by atoms with E-state index in [1.807, 2.05) is 66.4 Å². The summed E-state index contributed by atoms with van der Waals surface area (Å²) in [5, 5.41) is 4.76. The molecule has 1 fully saturated rings. The van der Waals surface area contributed by atoms with Gasteiger partial charge in [-0.2, -0.15) is 5.10 Å². The van der Waals surface area contributed by atoms with Crippen LogP contribution in [0.1, 0.15) is 43.6 Å². The molecule has 2 aromatic heterocycles. The van der Waals surface area contributed by atoms with E-state index in [1.54, 1.807) is 4.68 Å². The van der Waals surface area contributed by atoms with Crippen LogP contribution in [0.2, 0.25) is 0 Å². The number of hydrogen-bond donors (Lipinski definition) is 1. The van der Waals surface area contributed by atoms with Crippen LogP contribution in [0, 0.1) is 0 Å². The molecule has 1 saturated heterocycles. The molecular weight excluding hydrogens is 430 g/mol. The first-order chi connectivity index (χ1) is 16.6. The monoisotopic (exact) mass is 457 g/mol. The van der Waals surface area contributed by atoms with Crippen LogP contribution in [0.15, 0.2) is 65.6 Å². The summed E-state index contributed by atoms with van der Waals surface area (Å²) in [7, 11) is 0. The Morgan fingerprint density at radius 1 is 1.15 bits per heavy atom. The minimum atomic E-state index is -0.247. The maximum Gasteiger partial charge on any atom is 0.262 e. The minimum Gasteiger partial charge on any atom is -0.494 e. The average molecular weight is 458 g/mol. The van der Waals surface area contributed by atoms with E-state index < -0.39 is 0 Å². The lowest BCUT2D eigenvalue weighted by Gasteiger charge is -2.25. The van der Waals surface area contributed by atoms with Crippen molar-refractivity contribution in [2.24, 2.45) is 0 Å². The zero-order valence-corrected chi connectivity index (χ0v) is 19.1. The second-order valence-corrected chi connectivity index (χ2v) is 8.39. The van der Waals surface area contributed by atoms with Crippen molar-refractivity contribution in [3.8, 4) is 11.4 Å². The lowest BCUT2D eigenvalue weighted by Crippen LogP contribution is -2.31. The van der Waals surface area contributed by atoms with Crippen molar-refractivity contribution in [3.05, 3.63) is 82.5 Å². The van der Waals surface area contributed by atoms with Crippen molar-refractivity contribution in [2.45, 2.75) is 38.6 Å². The predicted molar refractivity (Wildman–Crippen MR) is 129 cm³/mol. The average Bonchev–Trinajstić information content (AvgIpc) is 3.52. The normalized spacial score (nSPS) is 15.7. The van der Waals surface area contributed by atoms with Crippen molar-refractivity contribution >= 4 is 16.9 Å². The lowest BCUT2D eigenvalue weighted by molar-refractivity contribution is -0.132. The molecule has 0 saturated carbocycles. The largest absolute Gasteiger partial charge is 0.494 e. The molecule has 5 rings (SSSR count). The third-order valence-corrected chi connectivity index (χ3v) is 6.21. The van der Waals surface area contributed by atoms with Gasteiger partial charge in [0.1, 0.15) is 17.0 Å². The summed E-state index contributed by atoms with van der Waals surface area (Å²) in [4.78, 5) is 35.1. The van der Waals surface area contributed by atoms with Gasteiger partial charge in [-0.1, -0.05) is 30.3 Å². The Bertz CT molecular complexity index is 1340. The molecule has 8 heteroatoms. The Balaban J connectivity index is 1.32. The fourth-order valence-electron chi connectivity index (χ4n) is 4.57. The van der Waals surface area contributed by atoms with Crippen molar-refractivity contribution in [3.63, 3.8) is 0 Å². The van der Waals surface area contributed by atoms with E-state index in [4.69, 9.17) is 4.74 Å². The topological polar surface area (TPSA) is 93.1 Å². The standard InChI is InChI=1S/C26H27N5O3/c1-2-34-20-12-10-18(11-13-20)22-9-6-16-30(22)24(32)15-14-23-28-25-21(26(33)29-23)17-27-31(25)19-7-4-3-5-8-19/h3-5,7-8,10-13,17,22H,2,6,9,14-16H2,1H3,(H,28,29,33). The van der Waals surface area contributed by atoms with Gasteiger partial charge < -0.3 is 14.6 Å². The zero-order valence-electron chi connectivity index (χ0n) is 19.1. The van der Waals surface area contributed by atoms with Crippen LogP contribution in [0.3, 0.4) is 0 Å². The molecule has 1 aliphatic rings. The van der Waals surface area contributed by atoms with E-state index in [2.05, 4.69) is 15.1 Å². The van der Waals surface area contributed by atoms with Gasteiger partial charge in [-0.25, -0.2) is 9.67 Å². The molecule has 174 valence electrons. The number of carbonyl (C=O) groups excluding carboxylic acids is 1. The van der Waals surface area contributed by atoms with Gasteiger partial charge in [0.25, 0.3) is 5.56 Å². The first-order valence-electron chi connectivity index (χ1n) is 11.7. The van der Waals surface area contributed by atoms with Crippen LogP contribution in [-0.2, 0) is 11.2 Å². The second-order valence-electron chi connectivity index (χ2n) is 8.39. The maximum atomic E-state index is 13.1. The zero-order chi connectivity index (χ0) is 23.5. The van der Waals surface area contributed by atoms with Gasteiger partial charge in [-0.15, -0.1) is 0 Å². The van der Waals surface area contributed by atoms with E-state index in [1.165, 1.54) is 6.20 Å². The molecule has 1 atom stereocenters. The molecule has 1 amide bonds. The number of nitrogens with one attached hydrogen (secondary N) is 1. The minimum absolute atomic E-state index is 0.0655. The molecule has 1 aliphatic heterocycles. The third-order valence-electron chi connectivity index (χ3n) is 6.21. The molecule has 1 N–H and O–H groups in total. The number of aromatic nitrogens is 4. The van der Waals surface area contributed by atoms with Crippen LogP contribution in [0.4, 0.5) is 0 Å². The quantitative estimate of drug-likeness (QED) is 0.456. The van der Waals surface area contributed by atoms with Gasteiger partial charge in [-0.3, -0.25) is 9.59 Å². The van der Waals surface area contributed by atoms with Crippen LogP contribution < -0.4 is 10.3 Å². The summed E-state index contributed by atoms with van der Waals surface area (Å²) >= 11 is 0. The highest BCUT2D eigenvalue weighted by Gasteiger charge is 2.29. The SMILES string of the molecule is CCOc1ccc(C2CCCN2C(=O)CCc2nc3c(cnn3-c3ccccc3)c(=O)[nH]2)cc1. The molecule has 34 heavy (non-hydrogen) atoms. The Morgan fingerprint density at radius 2 is 1.94 bits per heavy atom. The number of likely N-dealkylation sites (tertiary alicyclic amines) is 1. The van der Waals surface area contributed by atoms with Crippen molar-refractivity contribution in [1.82, 2.24) is 24.6 Å². The highest BCUT2D eigenvalue weighted by atomic mass is 16.5. The summed E-state index contributed by atoms with van der Waals surface area (Å²) in [5.41, 5.74) is 2.19. The molecule has 0 aliphatic carbocycles. The molecule has 8 nitrogen and oxygen atoms in total. The predicted octanol–water partition coefficient (Wildman–Crippen LogP) is 3.80. The Labute approximate surface area is 197 Å². The summed E-state index contributed by atoms with van der Waals surface area (Å²) in [6.07, 6.45) is 4.07. The number of amides is 1. The van der Waals surface area contributed by atoms with Gasteiger partial charge in [0, 0.05) is 19.4 Å². The number of carbonyl (C=O) groups is 1. The van der Waals surface area contributed by atoms with Crippen LogP contribution in [0.5, 0.6) is 5.75 Å².